The summed E-state index contributed by atoms with van der Waals surface area (Å²) in [6.07, 6.45) is 3.52. The molecular weight excluding hydrogens is 386 g/mol. The smallest absolute Gasteiger partial charge is 0.279 e. The van der Waals surface area contributed by atoms with Crippen molar-refractivity contribution in [3.05, 3.63) is 35.9 Å². The van der Waals surface area contributed by atoms with Crippen molar-refractivity contribution in [2.45, 2.75) is 6.42 Å². The van der Waals surface area contributed by atoms with Crippen molar-refractivity contribution in [1.82, 2.24) is 14.5 Å². The van der Waals surface area contributed by atoms with Gasteiger partial charge in [-0.05, 0) is 12.1 Å². The van der Waals surface area contributed by atoms with Crippen molar-refractivity contribution in [1.29, 1.82) is 5.26 Å². The van der Waals surface area contributed by atoms with E-state index < -0.39 is 0 Å². The van der Waals surface area contributed by atoms with Gasteiger partial charge in [0.1, 0.15) is 11.4 Å². The first-order valence-corrected chi connectivity index (χ1v) is 9.39. The summed E-state index contributed by atoms with van der Waals surface area (Å²) < 4.78 is 3.71. The Morgan fingerprint density at radius 3 is 2.03 bits per heavy atom. The maximum atomic E-state index is 12.7. The summed E-state index contributed by atoms with van der Waals surface area (Å²) in [5.74, 6) is -0.837. The van der Waals surface area contributed by atoms with Gasteiger partial charge in [-0.3, -0.25) is 14.4 Å². The molecule has 0 aromatic carbocycles. The van der Waals surface area contributed by atoms with Crippen LogP contribution < -0.4 is 16.0 Å². The first-order valence-electron chi connectivity index (χ1n) is 9.39. The van der Waals surface area contributed by atoms with Crippen LogP contribution in [0.5, 0.6) is 0 Å². The Morgan fingerprint density at radius 1 is 0.967 bits per heavy atom. The first-order chi connectivity index (χ1) is 14.0. The SMILES string of the molecule is Cn1cc(NC(=O)c2cc(NC(=O)C[N+](C)(C)C)cn2C)cc1C(=O)NCCC#N. The minimum Gasteiger partial charge on any atom is -0.350 e. The predicted molar refractivity (Wildman–Crippen MR) is 113 cm³/mol. The highest BCUT2D eigenvalue weighted by Crippen LogP contribution is 2.17. The molecule has 3 N–H and O–H groups in total. The highest BCUT2D eigenvalue weighted by Gasteiger charge is 2.18. The fourth-order valence-electron chi connectivity index (χ4n) is 2.87. The van der Waals surface area contributed by atoms with Crippen LogP contribution in [0.2, 0.25) is 0 Å². The van der Waals surface area contributed by atoms with Crippen LogP contribution in [0.15, 0.2) is 24.5 Å². The van der Waals surface area contributed by atoms with Gasteiger partial charge < -0.3 is 29.6 Å². The molecule has 0 radical (unpaired) electrons. The summed E-state index contributed by atoms with van der Waals surface area (Å²) in [5.41, 5.74) is 1.72. The second kappa shape index (κ2) is 9.28. The van der Waals surface area contributed by atoms with Crippen LogP contribution in [-0.4, -0.2) is 65.6 Å². The fraction of sp³-hybridized carbons (Fsp3) is 0.400. The number of carbonyl (C=O) groups is 3. The van der Waals surface area contributed by atoms with Crippen molar-refractivity contribution in [3.8, 4) is 6.07 Å². The van der Waals surface area contributed by atoms with Gasteiger partial charge in [-0.25, -0.2) is 0 Å². The minimum absolute atomic E-state index is 0.143. The number of aryl methyl sites for hydroxylation is 2. The molecule has 0 unspecified atom stereocenters. The van der Waals surface area contributed by atoms with E-state index in [9.17, 15) is 14.4 Å². The molecule has 160 valence electrons. The zero-order valence-electron chi connectivity index (χ0n) is 17.9. The summed E-state index contributed by atoms with van der Waals surface area (Å²) in [6, 6.07) is 5.12. The molecule has 2 aromatic rings. The number of likely N-dealkylation sites (N-methyl/N-ethyl adjacent to an activating group) is 1. The third-order valence-electron chi connectivity index (χ3n) is 4.16. The van der Waals surface area contributed by atoms with Crippen molar-refractivity contribution in [3.63, 3.8) is 0 Å². The van der Waals surface area contributed by atoms with Crippen LogP contribution in [0.25, 0.3) is 0 Å². The average Bonchev–Trinajstić information content (AvgIpc) is 3.15. The molecule has 0 bridgehead atoms. The number of carbonyl (C=O) groups excluding carboxylic acids is 3. The van der Waals surface area contributed by atoms with Crippen LogP contribution in [0.1, 0.15) is 27.4 Å². The third kappa shape index (κ3) is 6.22. The molecule has 0 atom stereocenters. The Bertz CT molecular complexity index is 989. The lowest BCUT2D eigenvalue weighted by molar-refractivity contribution is -0.861. The van der Waals surface area contributed by atoms with Crippen molar-refractivity contribution in [2.24, 2.45) is 14.1 Å². The largest absolute Gasteiger partial charge is 0.350 e. The summed E-state index contributed by atoms with van der Waals surface area (Å²) in [6.45, 7) is 0.563. The van der Waals surface area contributed by atoms with Crippen molar-refractivity contribution < 1.29 is 18.9 Å². The van der Waals surface area contributed by atoms with Gasteiger partial charge in [-0.15, -0.1) is 0 Å². The van der Waals surface area contributed by atoms with E-state index >= 15 is 0 Å². The number of amides is 3. The van der Waals surface area contributed by atoms with E-state index in [4.69, 9.17) is 5.26 Å². The van der Waals surface area contributed by atoms with Crippen LogP contribution in [0.3, 0.4) is 0 Å². The molecule has 0 spiro atoms. The zero-order valence-corrected chi connectivity index (χ0v) is 17.9. The normalized spacial score (nSPS) is 10.9. The lowest BCUT2D eigenvalue weighted by Crippen LogP contribution is -2.41. The Kier molecular flexibility index (Phi) is 7.02. The van der Waals surface area contributed by atoms with E-state index in [-0.39, 0.29) is 30.7 Å². The molecule has 2 heterocycles. The molecule has 0 saturated heterocycles. The quantitative estimate of drug-likeness (QED) is 0.439. The molecule has 0 aliphatic carbocycles. The van der Waals surface area contributed by atoms with Gasteiger partial charge >= 0.3 is 0 Å². The van der Waals surface area contributed by atoms with Gasteiger partial charge in [0.2, 0.25) is 0 Å². The minimum atomic E-state index is -0.369. The number of rotatable bonds is 8. The average molecular weight is 414 g/mol. The highest BCUT2D eigenvalue weighted by atomic mass is 16.2. The summed E-state index contributed by atoms with van der Waals surface area (Å²) in [7, 11) is 9.16. The van der Waals surface area contributed by atoms with Crippen LogP contribution in [0, 0.1) is 11.3 Å². The molecule has 10 nitrogen and oxygen atoms in total. The Morgan fingerprint density at radius 2 is 1.50 bits per heavy atom. The molecule has 0 saturated carbocycles. The summed E-state index contributed by atoms with van der Waals surface area (Å²) in [4.78, 5) is 37.0. The Labute approximate surface area is 175 Å². The maximum absolute atomic E-state index is 12.7. The van der Waals surface area contributed by atoms with Crippen molar-refractivity contribution >= 4 is 29.1 Å². The first kappa shape index (κ1) is 22.7. The lowest BCUT2D eigenvalue weighted by atomic mass is 10.3. The zero-order chi connectivity index (χ0) is 22.5. The second-order valence-electron chi connectivity index (χ2n) is 8.06. The number of nitrogens with zero attached hydrogens (tertiary/aromatic N) is 4. The van der Waals surface area contributed by atoms with E-state index in [0.29, 0.717) is 33.8 Å². The standard InChI is InChI=1S/C20H27N7O3/c1-25-12-15(10-16(25)19(29)22-8-6-7-21)24-20(30)17-9-14(11-26(17)2)23-18(28)13-27(3,4)5/h9-12H,6,8,13H2,1-5H3,(H2-,22,23,24,28,29,30)/p+1. The highest BCUT2D eigenvalue weighted by molar-refractivity contribution is 6.05. The fourth-order valence-corrected chi connectivity index (χ4v) is 2.87. The molecular formula is C20H28N7O3+. The van der Waals surface area contributed by atoms with Crippen LogP contribution in [0.4, 0.5) is 11.4 Å². The molecule has 2 rings (SSSR count). The monoisotopic (exact) mass is 414 g/mol. The van der Waals surface area contributed by atoms with Gasteiger partial charge in [0.05, 0.1) is 45.0 Å². The molecule has 2 aromatic heterocycles. The Balaban J connectivity index is 2.06. The number of quaternary nitrogens is 1. The van der Waals surface area contributed by atoms with E-state index in [1.165, 1.54) is 0 Å². The van der Waals surface area contributed by atoms with Crippen molar-refractivity contribution in [2.75, 3.05) is 44.9 Å². The summed E-state index contributed by atoms with van der Waals surface area (Å²) >= 11 is 0. The number of nitriles is 1. The number of aromatic nitrogens is 2. The molecule has 30 heavy (non-hydrogen) atoms. The molecule has 3 amide bonds. The van der Waals surface area contributed by atoms with Gasteiger partial charge in [-0.2, -0.15) is 5.26 Å². The molecule has 0 aliphatic rings. The van der Waals surface area contributed by atoms with E-state index in [1.807, 2.05) is 27.2 Å². The lowest BCUT2D eigenvalue weighted by Gasteiger charge is -2.22. The molecule has 0 fully saturated rings. The Hall–Kier alpha value is -3.58. The third-order valence-corrected chi connectivity index (χ3v) is 4.16. The van der Waals surface area contributed by atoms with Gasteiger partial charge in [0.25, 0.3) is 17.7 Å². The van der Waals surface area contributed by atoms with Gasteiger partial charge in [-0.1, -0.05) is 0 Å². The van der Waals surface area contributed by atoms with Gasteiger partial charge in [0.15, 0.2) is 6.54 Å². The van der Waals surface area contributed by atoms with E-state index in [0.717, 1.165) is 0 Å². The molecule has 0 aliphatic heterocycles. The molecule has 10 heteroatoms. The summed E-state index contributed by atoms with van der Waals surface area (Å²) in [5, 5.41) is 16.8. The number of nitrogens with one attached hydrogen (secondary N) is 3. The van der Waals surface area contributed by atoms with Crippen LogP contribution >= 0.6 is 0 Å². The number of hydrogen-bond acceptors (Lipinski definition) is 4. The topological polar surface area (TPSA) is 121 Å². The number of hydrogen-bond donors (Lipinski definition) is 3. The predicted octanol–water partition coefficient (Wildman–Crippen LogP) is 0.904. The van der Waals surface area contributed by atoms with E-state index in [1.54, 1.807) is 47.8 Å². The van der Waals surface area contributed by atoms with E-state index in [2.05, 4.69) is 16.0 Å². The van der Waals surface area contributed by atoms with Gasteiger partial charge in [0, 0.05) is 33.0 Å². The second-order valence-corrected chi connectivity index (χ2v) is 8.06. The number of anilines is 2. The van der Waals surface area contributed by atoms with Crippen LogP contribution in [-0.2, 0) is 18.9 Å². The maximum Gasteiger partial charge on any atom is 0.279 e.